The first-order valence-corrected chi connectivity index (χ1v) is 21.5. The van der Waals surface area contributed by atoms with Crippen molar-refractivity contribution in [2.24, 2.45) is 0 Å². The van der Waals surface area contributed by atoms with Crippen LogP contribution in [0.25, 0.3) is 65.4 Å². The normalized spacial score (nSPS) is 11.9. The Balaban J connectivity index is 1.04. The fourth-order valence-corrected chi connectivity index (χ4v) is 10.1. The highest BCUT2D eigenvalue weighted by atomic mass is 16.4. The highest BCUT2D eigenvalue weighted by Crippen LogP contribution is 2.45. The Hall–Kier alpha value is -7.30. The summed E-state index contributed by atoms with van der Waals surface area (Å²) in [5, 5.41) is 8.64. The van der Waals surface area contributed by atoms with Crippen molar-refractivity contribution in [3.8, 4) is 0 Å². The maximum absolute atomic E-state index is 6.93. The maximum Gasteiger partial charge on any atom is 0.178 e. The first-order valence-electron chi connectivity index (χ1n) is 21.5. The molecule has 0 fully saturated rings. The lowest BCUT2D eigenvalue weighted by molar-refractivity contribution is 0.637. The summed E-state index contributed by atoms with van der Waals surface area (Å²) in [4.78, 5) is 4.75. The Kier molecular flexibility index (Phi) is 8.59. The van der Waals surface area contributed by atoms with E-state index in [0.29, 0.717) is 0 Å². The lowest BCUT2D eigenvalue weighted by Gasteiger charge is -2.27. The molecule has 0 saturated carbocycles. The second-order valence-corrected chi connectivity index (χ2v) is 17.8. The molecule has 0 aliphatic carbocycles. The van der Waals surface area contributed by atoms with Crippen LogP contribution in [-0.4, -0.2) is 0 Å². The van der Waals surface area contributed by atoms with Gasteiger partial charge in [-0.25, -0.2) is 0 Å². The number of fused-ring (bicyclic) bond motifs is 11. The Morgan fingerprint density at radius 2 is 0.500 bits per heavy atom. The average Bonchev–Trinajstić information content (AvgIpc) is 3.79. The van der Waals surface area contributed by atoms with Crippen LogP contribution in [-0.2, 0) is 0 Å². The molecule has 0 N–H and O–H groups in total. The topological polar surface area (TPSA) is 32.8 Å². The van der Waals surface area contributed by atoms with E-state index in [4.69, 9.17) is 8.83 Å². The fourth-order valence-electron chi connectivity index (χ4n) is 10.1. The van der Waals surface area contributed by atoms with Crippen molar-refractivity contribution < 1.29 is 8.83 Å². The van der Waals surface area contributed by atoms with E-state index in [9.17, 15) is 0 Å². The quantitative estimate of drug-likeness (QED) is 0.168. The van der Waals surface area contributed by atoms with Gasteiger partial charge in [0.2, 0.25) is 0 Å². The van der Waals surface area contributed by atoms with Crippen molar-refractivity contribution in [1.82, 2.24) is 0 Å². The van der Waals surface area contributed by atoms with Crippen molar-refractivity contribution >= 4 is 99.5 Å². The van der Waals surface area contributed by atoms with Gasteiger partial charge in [0.25, 0.3) is 0 Å². The van der Waals surface area contributed by atoms with Gasteiger partial charge in [-0.1, -0.05) is 36.4 Å². The van der Waals surface area contributed by atoms with Crippen LogP contribution in [0.1, 0.15) is 44.5 Å². The minimum absolute atomic E-state index is 0.776. The summed E-state index contributed by atoms with van der Waals surface area (Å²) in [5.41, 5.74) is 20.0. The second kappa shape index (κ2) is 14.1. The minimum Gasteiger partial charge on any atom is -0.451 e. The lowest BCUT2D eigenvalue weighted by Crippen LogP contribution is -2.11. The molecule has 0 saturated heterocycles. The molecule has 2 aromatic heterocycles. The number of anilines is 6. The molecule has 0 bridgehead atoms. The molecule has 0 radical (unpaired) electrons. The summed E-state index contributed by atoms with van der Waals surface area (Å²) >= 11 is 0. The Morgan fingerprint density at radius 3 is 0.806 bits per heavy atom. The zero-order valence-corrected chi connectivity index (χ0v) is 36.6. The number of rotatable bonds is 6. The predicted molar refractivity (Wildman–Crippen MR) is 263 cm³/mol. The summed E-state index contributed by atoms with van der Waals surface area (Å²) in [6.07, 6.45) is 0. The number of nitrogens with zero attached hydrogens (tertiary/aromatic N) is 2. The van der Waals surface area contributed by atoms with Gasteiger partial charge >= 0.3 is 0 Å². The number of aryl methyl sites for hydroxylation is 8. The Morgan fingerprint density at radius 1 is 0.242 bits per heavy atom. The van der Waals surface area contributed by atoms with Crippen molar-refractivity contribution in [2.45, 2.75) is 55.4 Å². The van der Waals surface area contributed by atoms with Gasteiger partial charge < -0.3 is 18.6 Å². The summed E-state index contributed by atoms with van der Waals surface area (Å²) in [7, 11) is 0. The van der Waals surface area contributed by atoms with E-state index >= 15 is 0 Å². The molecule has 4 heteroatoms. The summed E-state index contributed by atoms with van der Waals surface area (Å²) in [5.74, 6) is 0. The lowest BCUT2D eigenvalue weighted by atomic mass is 10.0. The third-order valence-electron chi connectivity index (χ3n) is 12.4. The predicted octanol–water partition coefficient (Wildman–Crippen LogP) is 17.2. The van der Waals surface area contributed by atoms with Crippen molar-refractivity contribution in [1.29, 1.82) is 0 Å². The van der Waals surface area contributed by atoms with E-state index in [-0.39, 0.29) is 0 Å². The maximum atomic E-state index is 6.93. The zero-order valence-electron chi connectivity index (χ0n) is 36.6. The molecule has 0 unspecified atom stereocenters. The van der Waals surface area contributed by atoms with Crippen molar-refractivity contribution in [2.75, 3.05) is 9.80 Å². The molecule has 0 spiro atoms. The van der Waals surface area contributed by atoms with Crippen LogP contribution < -0.4 is 9.80 Å². The largest absolute Gasteiger partial charge is 0.451 e. The molecule has 2 heterocycles. The highest BCUT2D eigenvalue weighted by molar-refractivity contribution is 6.24. The van der Waals surface area contributed by atoms with Gasteiger partial charge in [-0.3, -0.25) is 0 Å². The van der Waals surface area contributed by atoms with E-state index in [1.807, 2.05) is 0 Å². The number of benzene rings is 9. The number of hydrogen-bond acceptors (Lipinski definition) is 4. The van der Waals surface area contributed by atoms with Gasteiger partial charge in [-0.2, -0.15) is 0 Å². The van der Waals surface area contributed by atoms with Gasteiger partial charge in [0, 0.05) is 66.4 Å². The summed E-state index contributed by atoms with van der Waals surface area (Å²) < 4.78 is 13.9. The van der Waals surface area contributed by atoms with Crippen LogP contribution in [0.2, 0.25) is 0 Å². The van der Waals surface area contributed by atoms with Gasteiger partial charge in [0.15, 0.2) is 11.2 Å². The SMILES string of the molecule is Cc1cc(C)cc(N(c2cc(C)cc(C)c2)c2ccc3c(ccc4c5ccc6c7ccc8cc(N(c9cc(C)cc(C)c9)c9cc(C)cc(C)c9)ccc8c7oc6c5oc34)c2)c1. The van der Waals surface area contributed by atoms with Crippen LogP contribution in [0.4, 0.5) is 34.1 Å². The average molecular weight is 805 g/mol. The molecule has 9 aromatic carbocycles. The molecule has 62 heavy (non-hydrogen) atoms. The molecule has 11 rings (SSSR count). The zero-order chi connectivity index (χ0) is 42.6. The van der Waals surface area contributed by atoms with Crippen molar-refractivity contribution in [3.05, 3.63) is 190 Å². The molecular formula is C58H48N2O2. The molecule has 4 nitrogen and oxygen atoms in total. The monoisotopic (exact) mass is 804 g/mol. The van der Waals surface area contributed by atoms with Gasteiger partial charge in [0.05, 0.1) is 0 Å². The van der Waals surface area contributed by atoms with Crippen LogP contribution >= 0.6 is 0 Å². The number of hydrogen-bond donors (Lipinski definition) is 0. The first-order chi connectivity index (χ1) is 29.9. The summed E-state index contributed by atoms with van der Waals surface area (Å²) in [6.45, 7) is 17.3. The fraction of sp³-hybridized carbons (Fsp3) is 0.138. The van der Waals surface area contributed by atoms with Gasteiger partial charge in [-0.05, 0) is 220 Å². The first kappa shape index (κ1) is 37.7. The van der Waals surface area contributed by atoms with E-state index in [1.54, 1.807) is 0 Å². The molecule has 0 aliphatic heterocycles. The molecule has 0 amide bonds. The molecule has 0 aliphatic rings. The highest BCUT2D eigenvalue weighted by Gasteiger charge is 2.22. The Labute approximate surface area is 362 Å². The van der Waals surface area contributed by atoms with E-state index < -0.39 is 0 Å². The van der Waals surface area contributed by atoms with Crippen LogP contribution in [0.5, 0.6) is 0 Å². The summed E-state index contributed by atoms with van der Waals surface area (Å²) in [6, 6.07) is 53.8. The second-order valence-electron chi connectivity index (χ2n) is 17.8. The minimum atomic E-state index is 0.776. The van der Waals surface area contributed by atoms with E-state index in [0.717, 1.165) is 99.5 Å². The van der Waals surface area contributed by atoms with Crippen LogP contribution in [0.15, 0.2) is 154 Å². The third-order valence-corrected chi connectivity index (χ3v) is 12.4. The smallest absolute Gasteiger partial charge is 0.178 e. The van der Waals surface area contributed by atoms with Crippen LogP contribution in [0, 0.1) is 55.4 Å². The van der Waals surface area contributed by atoms with E-state index in [1.165, 1.54) is 44.5 Å². The van der Waals surface area contributed by atoms with Gasteiger partial charge in [-0.15, -0.1) is 0 Å². The molecule has 11 aromatic rings. The van der Waals surface area contributed by atoms with Gasteiger partial charge in [0.1, 0.15) is 11.2 Å². The standard InChI is InChI=1S/C58H48N2O2/c1-33-19-34(2)24-45(23-33)59(46-25-35(3)20-36(4)26-46)43-11-15-49-41(31-43)9-13-51-53-17-18-54-52-14-10-42-32-44(12-16-50(42)56(52)62-58(54)57(53)61-55(49)51)60(47-27-37(5)21-38(6)28-47)48-29-39(7)22-40(8)30-48/h9-32H,1-8H3. The molecule has 302 valence electrons. The molecule has 0 atom stereocenters. The van der Waals surface area contributed by atoms with E-state index in [2.05, 4.69) is 211 Å². The number of furan rings is 2. The third kappa shape index (κ3) is 6.29. The Bertz CT molecular complexity index is 3220. The van der Waals surface area contributed by atoms with Crippen molar-refractivity contribution in [3.63, 3.8) is 0 Å². The molecular weight excluding hydrogens is 757 g/mol. The van der Waals surface area contributed by atoms with Crippen LogP contribution in [0.3, 0.4) is 0 Å².